The Labute approximate surface area is 149 Å². The van der Waals surface area contributed by atoms with Crippen molar-refractivity contribution in [1.82, 2.24) is 9.88 Å². The largest absolute Gasteiger partial charge is 0.480 e. The zero-order valence-electron chi connectivity index (χ0n) is 14.4. The van der Waals surface area contributed by atoms with Crippen LogP contribution in [-0.4, -0.2) is 58.3 Å². The van der Waals surface area contributed by atoms with E-state index in [1.807, 2.05) is 24.3 Å². The van der Waals surface area contributed by atoms with Crippen molar-refractivity contribution in [3.63, 3.8) is 0 Å². The van der Waals surface area contributed by atoms with Crippen LogP contribution in [0.3, 0.4) is 0 Å². The molecule has 2 heterocycles. The summed E-state index contributed by atoms with van der Waals surface area (Å²) in [5, 5.41) is 10.3. The Balaban J connectivity index is 1.80. The van der Waals surface area contributed by atoms with E-state index in [0.29, 0.717) is 18.2 Å². The summed E-state index contributed by atoms with van der Waals surface area (Å²) in [6.07, 6.45) is -0.484. The number of carbonyl (C=O) groups excluding carboxylic acids is 1. The number of fused-ring (bicyclic) bond motifs is 1. The van der Waals surface area contributed by atoms with Gasteiger partial charge in [-0.1, -0.05) is 23.5 Å². The predicted molar refractivity (Wildman–Crippen MR) is 96.2 cm³/mol. The zero-order valence-corrected chi connectivity index (χ0v) is 15.2. The van der Waals surface area contributed by atoms with Crippen molar-refractivity contribution in [3.05, 3.63) is 24.3 Å². The summed E-state index contributed by atoms with van der Waals surface area (Å²) in [7, 11) is 0. The van der Waals surface area contributed by atoms with Crippen molar-refractivity contribution in [1.29, 1.82) is 0 Å². The summed E-state index contributed by atoms with van der Waals surface area (Å²) >= 11 is 1.46. The number of thiazole rings is 1. The van der Waals surface area contributed by atoms with Gasteiger partial charge in [0.25, 0.3) is 0 Å². The van der Waals surface area contributed by atoms with Crippen LogP contribution in [0.2, 0.25) is 0 Å². The normalized spacial score (nSPS) is 18.4. The zero-order chi connectivity index (χ0) is 18.2. The van der Waals surface area contributed by atoms with E-state index >= 15 is 0 Å². The van der Waals surface area contributed by atoms with Crippen LogP contribution in [0.15, 0.2) is 24.3 Å². The lowest BCUT2D eigenvalue weighted by Gasteiger charge is -2.39. The summed E-state index contributed by atoms with van der Waals surface area (Å²) in [4.78, 5) is 31.8. The van der Waals surface area contributed by atoms with Crippen molar-refractivity contribution < 1.29 is 19.4 Å². The van der Waals surface area contributed by atoms with Crippen LogP contribution in [0, 0.1) is 0 Å². The highest BCUT2D eigenvalue weighted by Crippen LogP contribution is 2.31. The minimum absolute atomic E-state index is 0.0696. The van der Waals surface area contributed by atoms with Gasteiger partial charge < -0.3 is 19.6 Å². The second kappa shape index (κ2) is 6.51. The van der Waals surface area contributed by atoms with Crippen molar-refractivity contribution in [2.45, 2.75) is 32.4 Å². The third-order valence-electron chi connectivity index (χ3n) is 3.85. The third-order valence-corrected chi connectivity index (χ3v) is 4.92. The van der Waals surface area contributed by atoms with E-state index in [-0.39, 0.29) is 6.54 Å². The molecule has 0 radical (unpaired) electrons. The predicted octanol–water partition coefficient (Wildman–Crippen LogP) is 2.81. The molecule has 3 rings (SSSR count). The van der Waals surface area contributed by atoms with Crippen LogP contribution in [0.5, 0.6) is 0 Å². The van der Waals surface area contributed by atoms with E-state index < -0.39 is 23.7 Å². The molecule has 0 bridgehead atoms. The second-order valence-electron chi connectivity index (χ2n) is 6.94. The number of benzene rings is 1. The monoisotopic (exact) mass is 363 g/mol. The third kappa shape index (κ3) is 3.84. The number of hydrogen-bond donors (Lipinski definition) is 1. The van der Waals surface area contributed by atoms with Gasteiger partial charge in [-0.25, -0.2) is 14.6 Å². The lowest BCUT2D eigenvalue weighted by Crippen LogP contribution is -2.58. The smallest absolute Gasteiger partial charge is 0.410 e. The average Bonchev–Trinajstić information content (AvgIpc) is 2.96. The van der Waals surface area contributed by atoms with Gasteiger partial charge in [-0.05, 0) is 32.9 Å². The first-order valence-corrected chi connectivity index (χ1v) is 8.89. The van der Waals surface area contributed by atoms with Gasteiger partial charge in [0.05, 0.1) is 16.8 Å². The molecule has 2 aromatic rings. The fourth-order valence-electron chi connectivity index (χ4n) is 2.70. The lowest BCUT2D eigenvalue weighted by molar-refractivity contribution is -0.139. The highest BCUT2D eigenvalue weighted by Gasteiger charge is 2.37. The Morgan fingerprint density at radius 3 is 2.64 bits per heavy atom. The molecule has 0 unspecified atom stereocenters. The topological polar surface area (TPSA) is 83.0 Å². The number of aromatic nitrogens is 1. The minimum atomic E-state index is -0.979. The first-order chi connectivity index (χ1) is 11.7. The van der Waals surface area contributed by atoms with Gasteiger partial charge in [-0.15, -0.1) is 0 Å². The van der Waals surface area contributed by atoms with Gasteiger partial charge in [-0.2, -0.15) is 0 Å². The summed E-state index contributed by atoms with van der Waals surface area (Å²) in [6, 6.07) is 6.85. The number of aliphatic carboxylic acids is 1. The Morgan fingerprint density at radius 1 is 1.28 bits per heavy atom. The first kappa shape index (κ1) is 17.5. The number of piperazine rings is 1. The van der Waals surface area contributed by atoms with Gasteiger partial charge in [0.15, 0.2) is 5.13 Å². The average molecular weight is 363 g/mol. The summed E-state index contributed by atoms with van der Waals surface area (Å²) in [6.45, 7) is 6.23. The van der Waals surface area contributed by atoms with Crippen molar-refractivity contribution in [2.24, 2.45) is 0 Å². The molecular weight excluding hydrogens is 342 g/mol. The number of hydrogen-bond acceptors (Lipinski definition) is 6. The molecule has 1 aromatic carbocycles. The fraction of sp³-hybridized carbons (Fsp3) is 0.471. The maximum absolute atomic E-state index is 12.2. The van der Waals surface area contributed by atoms with Gasteiger partial charge in [0.1, 0.15) is 11.6 Å². The number of anilines is 1. The van der Waals surface area contributed by atoms with Crippen LogP contribution in [0.1, 0.15) is 20.8 Å². The van der Waals surface area contributed by atoms with Crippen molar-refractivity contribution in [2.75, 3.05) is 24.5 Å². The standard InChI is InChI=1S/C17H21N3O4S/c1-17(2,3)24-16(23)19-8-9-20(12(10-19)14(21)22)15-18-11-6-4-5-7-13(11)25-15/h4-7,12H,8-10H2,1-3H3,(H,21,22)/t12-/m0/s1. The molecule has 0 spiro atoms. The molecule has 25 heavy (non-hydrogen) atoms. The SMILES string of the molecule is CC(C)(C)OC(=O)N1CCN(c2nc3ccccc3s2)[C@H](C(=O)O)C1. The van der Waals surface area contributed by atoms with Crippen LogP contribution in [-0.2, 0) is 9.53 Å². The quantitative estimate of drug-likeness (QED) is 0.883. The highest BCUT2D eigenvalue weighted by molar-refractivity contribution is 7.22. The Hall–Kier alpha value is -2.35. The molecule has 1 atom stereocenters. The molecule has 1 aliphatic rings. The van der Waals surface area contributed by atoms with Crippen molar-refractivity contribution in [3.8, 4) is 0 Å². The number of carbonyl (C=O) groups is 2. The molecular formula is C17H21N3O4S. The summed E-state index contributed by atoms with van der Waals surface area (Å²) < 4.78 is 6.37. The molecule has 134 valence electrons. The molecule has 7 nitrogen and oxygen atoms in total. The molecule has 0 saturated carbocycles. The van der Waals surface area contributed by atoms with E-state index in [0.717, 1.165) is 10.2 Å². The van der Waals surface area contributed by atoms with Gasteiger partial charge in [-0.3, -0.25) is 0 Å². The number of carboxylic acids is 1. The molecule has 0 aliphatic carbocycles. The van der Waals surface area contributed by atoms with Gasteiger partial charge >= 0.3 is 12.1 Å². The molecule has 1 fully saturated rings. The number of carboxylic acid groups (broad SMARTS) is 1. The van der Waals surface area contributed by atoms with E-state index in [4.69, 9.17) is 4.74 Å². The number of nitrogens with zero attached hydrogens (tertiary/aromatic N) is 3. The number of para-hydroxylation sites is 1. The minimum Gasteiger partial charge on any atom is -0.480 e. The number of amides is 1. The van der Waals surface area contributed by atoms with Gasteiger partial charge in [0.2, 0.25) is 0 Å². The number of ether oxygens (including phenoxy) is 1. The highest BCUT2D eigenvalue weighted by atomic mass is 32.1. The maximum atomic E-state index is 12.2. The fourth-order valence-corrected chi connectivity index (χ4v) is 3.74. The second-order valence-corrected chi connectivity index (χ2v) is 7.95. The summed E-state index contributed by atoms with van der Waals surface area (Å²) in [5.74, 6) is -0.979. The summed E-state index contributed by atoms with van der Waals surface area (Å²) in [5.41, 5.74) is 0.237. The molecule has 1 aromatic heterocycles. The van der Waals surface area contributed by atoms with Crippen LogP contribution in [0.4, 0.5) is 9.93 Å². The first-order valence-electron chi connectivity index (χ1n) is 8.07. The molecule has 1 N–H and O–H groups in total. The van der Waals surface area contributed by atoms with E-state index in [2.05, 4.69) is 4.98 Å². The van der Waals surface area contributed by atoms with Gasteiger partial charge in [0, 0.05) is 13.1 Å². The Bertz CT molecular complexity index is 766. The molecule has 8 heteroatoms. The molecule has 1 aliphatic heterocycles. The Morgan fingerprint density at radius 2 is 2.00 bits per heavy atom. The molecule has 1 amide bonds. The van der Waals surface area contributed by atoms with E-state index in [1.54, 1.807) is 25.7 Å². The van der Waals surface area contributed by atoms with E-state index in [9.17, 15) is 14.7 Å². The van der Waals surface area contributed by atoms with Crippen LogP contribution in [0.25, 0.3) is 10.2 Å². The lowest BCUT2D eigenvalue weighted by atomic mass is 10.2. The van der Waals surface area contributed by atoms with Crippen molar-refractivity contribution >= 4 is 38.7 Å². The number of rotatable bonds is 2. The van der Waals surface area contributed by atoms with E-state index in [1.165, 1.54) is 16.2 Å². The maximum Gasteiger partial charge on any atom is 0.410 e. The van der Waals surface area contributed by atoms with Crippen LogP contribution < -0.4 is 4.90 Å². The molecule has 1 saturated heterocycles. The van der Waals surface area contributed by atoms with Crippen LogP contribution >= 0.6 is 11.3 Å². The Kier molecular flexibility index (Phi) is 4.55.